The van der Waals surface area contributed by atoms with Crippen LogP contribution < -0.4 is 0 Å². The number of hydrogen-bond acceptors (Lipinski definition) is 4. The predicted octanol–water partition coefficient (Wildman–Crippen LogP) is 15.7. The van der Waals surface area contributed by atoms with Crippen molar-refractivity contribution in [3.05, 3.63) is 224 Å². The summed E-state index contributed by atoms with van der Waals surface area (Å²) < 4.78 is 6.58. The fourth-order valence-corrected chi connectivity index (χ4v) is 8.89. The molecule has 3 aromatic heterocycles. The molecule has 0 aliphatic rings. The van der Waals surface area contributed by atoms with Crippen molar-refractivity contribution < 1.29 is 4.42 Å². The van der Waals surface area contributed by atoms with Crippen molar-refractivity contribution in [2.75, 3.05) is 0 Å². The Balaban J connectivity index is 0.923. The van der Waals surface area contributed by atoms with Crippen LogP contribution in [-0.2, 0) is 0 Å². The van der Waals surface area contributed by atoms with Gasteiger partial charge in [-0.1, -0.05) is 194 Å². The van der Waals surface area contributed by atoms with Crippen LogP contribution in [-0.4, -0.2) is 15.0 Å². The van der Waals surface area contributed by atoms with E-state index in [1.54, 1.807) is 0 Å². The maximum atomic E-state index is 6.58. The van der Waals surface area contributed by atoms with Crippen LogP contribution in [0.5, 0.6) is 0 Å². The molecular formula is C59H37N3O. The zero-order valence-electron chi connectivity index (χ0n) is 34.1. The van der Waals surface area contributed by atoms with Crippen molar-refractivity contribution in [1.29, 1.82) is 0 Å². The van der Waals surface area contributed by atoms with Crippen LogP contribution in [0.15, 0.2) is 229 Å². The van der Waals surface area contributed by atoms with Gasteiger partial charge in [0.15, 0.2) is 5.82 Å². The van der Waals surface area contributed by atoms with Gasteiger partial charge in [0.2, 0.25) is 0 Å². The minimum absolute atomic E-state index is 0.682. The monoisotopic (exact) mass is 803 g/mol. The molecule has 4 heteroatoms. The highest BCUT2D eigenvalue weighted by Gasteiger charge is 2.18. The molecule has 9 aromatic carbocycles. The number of para-hydroxylation sites is 2. The van der Waals surface area contributed by atoms with E-state index in [0.29, 0.717) is 5.82 Å². The van der Waals surface area contributed by atoms with Gasteiger partial charge in [0, 0.05) is 49.2 Å². The Kier molecular flexibility index (Phi) is 8.79. The molecule has 0 bridgehead atoms. The minimum Gasteiger partial charge on any atom is -0.455 e. The van der Waals surface area contributed by atoms with Gasteiger partial charge in [-0.25, -0.2) is 15.0 Å². The van der Waals surface area contributed by atoms with Crippen molar-refractivity contribution in [1.82, 2.24) is 15.0 Å². The first-order valence-corrected chi connectivity index (χ1v) is 21.2. The van der Waals surface area contributed by atoms with E-state index >= 15 is 0 Å². The normalized spacial score (nSPS) is 11.5. The van der Waals surface area contributed by atoms with Crippen molar-refractivity contribution in [2.24, 2.45) is 0 Å². The van der Waals surface area contributed by atoms with Gasteiger partial charge in [-0.05, 0) is 63.7 Å². The summed E-state index contributed by atoms with van der Waals surface area (Å²) in [5, 5.41) is 5.46. The average molecular weight is 804 g/mol. The summed E-state index contributed by atoms with van der Waals surface area (Å²) in [5.74, 6) is 0.682. The van der Waals surface area contributed by atoms with Gasteiger partial charge in [0.05, 0.1) is 22.6 Å². The molecule has 0 fully saturated rings. The van der Waals surface area contributed by atoms with Crippen LogP contribution in [0.1, 0.15) is 0 Å². The SMILES string of the molecule is c1ccc(-c2ccc(-c3cc(-c4ccc(-c5cccc(-c6nc7ccccc7c7c6ccc6c8ccccc8oc67)c5)cc4)nc(-c4ccc(-c5ccccc5)cc4)n3)cc2)cc1. The molecule has 0 amide bonds. The molecular weight excluding hydrogens is 767 g/mol. The number of benzene rings is 9. The molecule has 0 N–H and O–H groups in total. The van der Waals surface area contributed by atoms with E-state index in [1.165, 1.54) is 11.1 Å². The van der Waals surface area contributed by atoms with Crippen molar-refractivity contribution >= 4 is 43.6 Å². The number of hydrogen-bond donors (Lipinski definition) is 0. The van der Waals surface area contributed by atoms with Gasteiger partial charge in [0.1, 0.15) is 11.2 Å². The first-order chi connectivity index (χ1) is 31.2. The summed E-state index contributed by atoms with van der Waals surface area (Å²) in [7, 11) is 0. The standard InChI is InChI=1S/C59H37N3O/c1-3-12-38(13-4-1)40-22-28-43(29-23-40)53-37-54(62-59(61-53)45-32-26-41(27-33-45)39-14-5-2-6-15-39)44-30-24-42(25-31-44)46-16-11-17-47(36-46)57-51-35-34-49-48-18-8-10-21-55(48)63-58(49)56(51)50-19-7-9-20-52(50)60-57/h1-37H. The van der Waals surface area contributed by atoms with Gasteiger partial charge < -0.3 is 4.42 Å². The molecule has 0 saturated heterocycles. The number of fused-ring (bicyclic) bond motifs is 7. The fourth-order valence-electron chi connectivity index (χ4n) is 8.89. The molecule has 3 heterocycles. The zero-order chi connectivity index (χ0) is 41.7. The lowest BCUT2D eigenvalue weighted by atomic mass is 9.95. The van der Waals surface area contributed by atoms with E-state index in [2.05, 4.69) is 200 Å². The Bertz CT molecular complexity index is 3530. The highest BCUT2D eigenvalue weighted by molar-refractivity contribution is 6.24. The van der Waals surface area contributed by atoms with Crippen molar-refractivity contribution in [3.8, 4) is 78.5 Å². The van der Waals surface area contributed by atoms with E-state index < -0.39 is 0 Å². The highest BCUT2D eigenvalue weighted by Crippen LogP contribution is 2.41. The maximum absolute atomic E-state index is 6.58. The first-order valence-electron chi connectivity index (χ1n) is 21.2. The number of aromatic nitrogens is 3. The van der Waals surface area contributed by atoms with Crippen LogP contribution in [0, 0.1) is 0 Å². The molecule has 0 unspecified atom stereocenters. The smallest absolute Gasteiger partial charge is 0.160 e. The van der Waals surface area contributed by atoms with E-state index in [0.717, 1.165) is 105 Å². The average Bonchev–Trinajstić information content (AvgIpc) is 3.76. The Labute approximate surface area is 364 Å². The largest absolute Gasteiger partial charge is 0.455 e. The first kappa shape index (κ1) is 36.4. The van der Waals surface area contributed by atoms with E-state index in [9.17, 15) is 0 Å². The Morgan fingerprint density at radius 3 is 1.41 bits per heavy atom. The molecule has 0 radical (unpaired) electrons. The quantitative estimate of drug-likeness (QED) is 0.151. The summed E-state index contributed by atoms with van der Waals surface area (Å²) >= 11 is 0. The molecule has 0 spiro atoms. The maximum Gasteiger partial charge on any atom is 0.160 e. The van der Waals surface area contributed by atoms with Crippen LogP contribution in [0.25, 0.3) is 122 Å². The lowest BCUT2D eigenvalue weighted by molar-refractivity contribution is 0.673. The number of nitrogens with zero attached hydrogens (tertiary/aromatic N) is 3. The second-order valence-electron chi connectivity index (χ2n) is 15.9. The predicted molar refractivity (Wildman–Crippen MR) is 260 cm³/mol. The number of furan rings is 1. The summed E-state index contributed by atoms with van der Waals surface area (Å²) in [6.07, 6.45) is 0. The van der Waals surface area contributed by atoms with E-state index in [-0.39, 0.29) is 0 Å². The molecule has 0 aliphatic carbocycles. The van der Waals surface area contributed by atoms with Gasteiger partial charge in [0.25, 0.3) is 0 Å². The van der Waals surface area contributed by atoms with Crippen molar-refractivity contribution in [2.45, 2.75) is 0 Å². The second kappa shape index (κ2) is 15.2. The molecule has 63 heavy (non-hydrogen) atoms. The lowest BCUT2D eigenvalue weighted by Crippen LogP contribution is -1.96. The number of pyridine rings is 1. The fraction of sp³-hybridized carbons (Fsp3) is 0. The highest BCUT2D eigenvalue weighted by atomic mass is 16.3. The van der Waals surface area contributed by atoms with Crippen LogP contribution >= 0.6 is 0 Å². The molecule has 0 atom stereocenters. The van der Waals surface area contributed by atoms with Crippen LogP contribution in [0.3, 0.4) is 0 Å². The third kappa shape index (κ3) is 6.62. The van der Waals surface area contributed by atoms with Gasteiger partial charge in [-0.15, -0.1) is 0 Å². The lowest BCUT2D eigenvalue weighted by Gasteiger charge is -2.13. The van der Waals surface area contributed by atoms with Crippen LogP contribution in [0.2, 0.25) is 0 Å². The number of rotatable bonds is 7. The molecule has 0 saturated carbocycles. The third-order valence-electron chi connectivity index (χ3n) is 12.1. The Hall–Kier alpha value is -8.47. The topological polar surface area (TPSA) is 51.8 Å². The van der Waals surface area contributed by atoms with Crippen molar-refractivity contribution in [3.63, 3.8) is 0 Å². The summed E-state index contributed by atoms with van der Waals surface area (Å²) in [6, 6.07) is 78.5. The summed E-state index contributed by atoms with van der Waals surface area (Å²) in [6.45, 7) is 0. The van der Waals surface area contributed by atoms with Gasteiger partial charge in [-0.2, -0.15) is 0 Å². The zero-order valence-corrected chi connectivity index (χ0v) is 34.1. The second-order valence-corrected chi connectivity index (χ2v) is 15.9. The Morgan fingerprint density at radius 1 is 0.286 bits per heavy atom. The van der Waals surface area contributed by atoms with E-state index in [4.69, 9.17) is 19.4 Å². The van der Waals surface area contributed by atoms with Gasteiger partial charge >= 0.3 is 0 Å². The Morgan fingerprint density at radius 2 is 0.762 bits per heavy atom. The molecule has 0 aliphatic heterocycles. The molecule has 4 nitrogen and oxygen atoms in total. The summed E-state index contributed by atoms with van der Waals surface area (Å²) in [4.78, 5) is 15.6. The van der Waals surface area contributed by atoms with E-state index in [1.807, 2.05) is 24.3 Å². The summed E-state index contributed by atoms with van der Waals surface area (Å²) in [5.41, 5.74) is 16.3. The molecule has 294 valence electrons. The molecule has 12 aromatic rings. The third-order valence-corrected chi connectivity index (χ3v) is 12.1. The van der Waals surface area contributed by atoms with Crippen LogP contribution in [0.4, 0.5) is 0 Å². The molecule has 12 rings (SSSR count). The van der Waals surface area contributed by atoms with Gasteiger partial charge in [-0.3, -0.25) is 0 Å². The minimum atomic E-state index is 0.682.